The second kappa shape index (κ2) is 12.3. The number of ether oxygens (including phenoxy) is 7. The number of rotatable bonds is 11. The molecular formula is C28H28O9. The van der Waals surface area contributed by atoms with Crippen molar-refractivity contribution >= 4 is 17.8 Å². The highest BCUT2D eigenvalue weighted by atomic mass is 16.6. The molecule has 3 aromatic carbocycles. The normalized spacial score (nSPS) is 10.5. The van der Waals surface area contributed by atoms with Gasteiger partial charge in [-0.3, -0.25) is 4.79 Å². The van der Waals surface area contributed by atoms with Gasteiger partial charge in [0.25, 0.3) is 0 Å². The van der Waals surface area contributed by atoms with Gasteiger partial charge >= 0.3 is 5.97 Å². The predicted molar refractivity (Wildman–Crippen MR) is 137 cm³/mol. The Kier molecular flexibility index (Phi) is 8.99. The third-order valence-corrected chi connectivity index (χ3v) is 5.39. The molecule has 3 rings (SSSR count). The lowest BCUT2D eigenvalue weighted by atomic mass is 10.1. The first kappa shape index (κ1) is 26.9. The molecule has 194 valence electrons. The Morgan fingerprint density at radius 3 is 1.81 bits per heavy atom. The van der Waals surface area contributed by atoms with Crippen LogP contribution in [0.3, 0.4) is 0 Å². The summed E-state index contributed by atoms with van der Waals surface area (Å²) in [6.07, 6.45) is 3.03. The molecule has 0 aromatic heterocycles. The van der Waals surface area contributed by atoms with Gasteiger partial charge in [0.15, 0.2) is 28.8 Å². The van der Waals surface area contributed by atoms with E-state index in [1.54, 1.807) is 42.5 Å². The summed E-state index contributed by atoms with van der Waals surface area (Å²) in [4.78, 5) is 25.7. The van der Waals surface area contributed by atoms with E-state index in [4.69, 9.17) is 33.2 Å². The number of methoxy groups -OCH3 is 6. The summed E-state index contributed by atoms with van der Waals surface area (Å²) in [5.41, 5.74) is 1.21. The zero-order valence-electron chi connectivity index (χ0n) is 21.4. The highest BCUT2D eigenvalue weighted by molar-refractivity contribution is 6.09. The summed E-state index contributed by atoms with van der Waals surface area (Å²) in [6, 6.07) is 12.9. The van der Waals surface area contributed by atoms with Crippen molar-refractivity contribution in [3.8, 4) is 40.2 Å². The first-order valence-electron chi connectivity index (χ1n) is 11.0. The highest BCUT2D eigenvalue weighted by Gasteiger charge is 2.20. The van der Waals surface area contributed by atoms with Crippen LogP contribution in [0, 0.1) is 0 Å². The zero-order chi connectivity index (χ0) is 26.9. The summed E-state index contributed by atoms with van der Waals surface area (Å²) in [5.74, 6) is 1.54. The van der Waals surface area contributed by atoms with Crippen LogP contribution in [0.2, 0.25) is 0 Å². The summed E-state index contributed by atoms with van der Waals surface area (Å²) >= 11 is 0. The zero-order valence-corrected chi connectivity index (χ0v) is 21.4. The molecule has 0 spiro atoms. The first-order chi connectivity index (χ1) is 17.9. The maximum Gasteiger partial charge on any atom is 0.343 e. The van der Waals surface area contributed by atoms with E-state index in [0.29, 0.717) is 45.6 Å². The number of hydrogen-bond acceptors (Lipinski definition) is 9. The van der Waals surface area contributed by atoms with Crippen molar-refractivity contribution in [1.82, 2.24) is 0 Å². The Bertz CT molecular complexity index is 1290. The Morgan fingerprint density at radius 2 is 1.24 bits per heavy atom. The maximum atomic E-state index is 12.9. The molecule has 0 saturated carbocycles. The maximum absolute atomic E-state index is 12.9. The lowest BCUT2D eigenvalue weighted by Gasteiger charge is -2.14. The van der Waals surface area contributed by atoms with Crippen LogP contribution in [0.25, 0.3) is 6.08 Å². The van der Waals surface area contributed by atoms with Gasteiger partial charge in [-0.15, -0.1) is 0 Å². The van der Waals surface area contributed by atoms with Crippen molar-refractivity contribution in [2.75, 3.05) is 42.7 Å². The summed E-state index contributed by atoms with van der Waals surface area (Å²) in [5, 5.41) is 0. The van der Waals surface area contributed by atoms with E-state index in [0.717, 1.165) is 0 Å². The van der Waals surface area contributed by atoms with Gasteiger partial charge in [-0.25, -0.2) is 4.79 Å². The number of benzene rings is 3. The van der Waals surface area contributed by atoms with Crippen molar-refractivity contribution in [3.63, 3.8) is 0 Å². The smallest absolute Gasteiger partial charge is 0.343 e. The van der Waals surface area contributed by atoms with E-state index in [9.17, 15) is 9.59 Å². The fraction of sp³-hybridized carbons (Fsp3) is 0.214. The van der Waals surface area contributed by atoms with Crippen LogP contribution in [0.5, 0.6) is 40.2 Å². The molecule has 0 radical (unpaired) electrons. The van der Waals surface area contributed by atoms with E-state index in [1.807, 2.05) is 0 Å². The van der Waals surface area contributed by atoms with Gasteiger partial charge in [0, 0.05) is 0 Å². The first-order valence-corrected chi connectivity index (χ1v) is 11.0. The van der Waals surface area contributed by atoms with Crippen molar-refractivity contribution < 1.29 is 42.7 Å². The highest BCUT2D eigenvalue weighted by Crippen LogP contribution is 2.39. The summed E-state index contributed by atoms with van der Waals surface area (Å²) in [6.45, 7) is 0. The van der Waals surface area contributed by atoms with Gasteiger partial charge in [0.1, 0.15) is 11.5 Å². The molecule has 9 nitrogen and oxygen atoms in total. The SMILES string of the molecule is COc1ccc(OC)c(C(=O)/C=C/c2ccc(OC(=O)c3cc(OC)c(OC)c(OC)c3)c(OC)c2)c1. The molecule has 0 saturated heterocycles. The quantitative estimate of drug-likeness (QED) is 0.156. The minimum atomic E-state index is -0.652. The van der Waals surface area contributed by atoms with Crippen LogP contribution in [0.4, 0.5) is 0 Å². The van der Waals surface area contributed by atoms with Crippen LogP contribution in [-0.2, 0) is 0 Å². The van der Waals surface area contributed by atoms with Gasteiger partial charge in [-0.1, -0.05) is 12.1 Å². The second-order valence-corrected chi connectivity index (χ2v) is 7.48. The van der Waals surface area contributed by atoms with Gasteiger partial charge in [-0.2, -0.15) is 0 Å². The summed E-state index contributed by atoms with van der Waals surface area (Å²) < 4.78 is 37.3. The van der Waals surface area contributed by atoms with Crippen molar-refractivity contribution in [1.29, 1.82) is 0 Å². The molecule has 0 bridgehead atoms. The average Bonchev–Trinajstić information content (AvgIpc) is 2.94. The Balaban J connectivity index is 1.83. The number of ketones is 1. The molecule has 0 unspecified atom stereocenters. The molecule has 0 aliphatic rings. The Labute approximate surface area is 215 Å². The van der Waals surface area contributed by atoms with Gasteiger partial charge in [-0.05, 0) is 54.1 Å². The third-order valence-electron chi connectivity index (χ3n) is 5.39. The van der Waals surface area contributed by atoms with Gasteiger partial charge in [0.05, 0.1) is 53.8 Å². The fourth-order valence-corrected chi connectivity index (χ4v) is 3.50. The molecule has 0 heterocycles. The van der Waals surface area contributed by atoms with Crippen molar-refractivity contribution in [2.45, 2.75) is 0 Å². The second-order valence-electron chi connectivity index (χ2n) is 7.48. The minimum Gasteiger partial charge on any atom is -0.497 e. The van der Waals surface area contributed by atoms with E-state index in [1.165, 1.54) is 60.9 Å². The Morgan fingerprint density at radius 1 is 0.622 bits per heavy atom. The number of esters is 1. The van der Waals surface area contributed by atoms with Crippen LogP contribution in [-0.4, -0.2) is 54.4 Å². The molecule has 3 aromatic rings. The predicted octanol–water partition coefficient (Wildman–Crippen LogP) is 4.85. The standard InChI is InChI=1S/C28H28O9/c1-31-19-9-12-22(32-2)20(16-19)21(29)10-7-17-8-11-23(24(13-17)33-3)37-28(30)18-14-25(34-4)27(36-6)26(15-18)35-5/h7-16H,1-6H3/b10-7+. The largest absolute Gasteiger partial charge is 0.497 e. The third kappa shape index (κ3) is 6.13. The molecule has 0 aliphatic heterocycles. The fourth-order valence-electron chi connectivity index (χ4n) is 3.50. The molecule has 37 heavy (non-hydrogen) atoms. The van der Waals surface area contributed by atoms with Crippen LogP contribution in [0.1, 0.15) is 26.3 Å². The van der Waals surface area contributed by atoms with Crippen LogP contribution < -0.4 is 33.2 Å². The molecule has 0 N–H and O–H groups in total. The molecule has 0 atom stereocenters. The molecule has 9 heteroatoms. The molecule has 0 amide bonds. The molecule has 0 fully saturated rings. The lowest BCUT2D eigenvalue weighted by molar-refractivity contribution is 0.0728. The number of hydrogen-bond donors (Lipinski definition) is 0. The molecular weight excluding hydrogens is 480 g/mol. The summed E-state index contributed by atoms with van der Waals surface area (Å²) in [7, 11) is 8.85. The minimum absolute atomic E-state index is 0.193. The van der Waals surface area contributed by atoms with E-state index in [2.05, 4.69) is 0 Å². The van der Waals surface area contributed by atoms with E-state index in [-0.39, 0.29) is 17.1 Å². The topological polar surface area (TPSA) is 98.8 Å². The molecule has 0 aliphatic carbocycles. The van der Waals surface area contributed by atoms with E-state index < -0.39 is 5.97 Å². The number of carbonyl (C=O) groups is 2. The lowest BCUT2D eigenvalue weighted by Crippen LogP contribution is -2.10. The number of carbonyl (C=O) groups excluding carboxylic acids is 2. The van der Waals surface area contributed by atoms with Crippen LogP contribution in [0.15, 0.2) is 54.6 Å². The van der Waals surface area contributed by atoms with Crippen molar-refractivity contribution in [3.05, 3.63) is 71.3 Å². The number of allylic oxidation sites excluding steroid dienone is 1. The Hall–Kier alpha value is -4.66. The monoisotopic (exact) mass is 508 g/mol. The van der Waals surface area contributed by atoms with E-state index >= 15 is 0 Å². The van der Waals surface area contributed by atoms with Crippen LogP contribution >= 0.6 is 0 Å². The van der Waals surface area contributed by atoms with Gasteiger partial charge < -0.3 is 33.2 Å². The van der Waals surface area contributed by atoms with Crippen molar-refractivity contribution in [2.24, 2.45) is 0 Å². The average molecular weight is 509 g/mol. The van der Waals surface area contributed by atoms with Gasteiger partial charge in [0.2, 0.25) is 5.75 Å².